The van der Waals surface area contributed by atoms with Crippen LogP contribution in [0.15, 0.2) is 0 Å². The summed E-state index contributed by atoms with van der Waals surface area (Å²) in [6.07, 6.45) is 0. The fraction of sp³-hybridized carbons (Fsp3) is 0.846. The second-order valence-corrected chi connectivity index (χ2v) is 5.60. The van der Waals surface area contributed by atoms with Gasteiger partial charge in [0.1, 0.15) is 0 Å². The molecule has 0 spiro atoms. The summed E-state index contributed by atoms with van der Waals surface area (Å²) >= 11 is 1.60. The number of rotatable bonds is 8. The number of hydrogen-bond donors (Lipinski definition) is 0. The molecular weight excluding hydrogens is 252 g/mol. The zero-order valence-corrected chi connectivity index (χ0v) is 12.7. The number of carbonyl (C=O) groups excluding carboxylic acids is 2. The minimum absolute atomic E-state index is 0.104. The van der Waals surface area contributed by atoms with E-state index in [9.17, 15) is 9.59 Å². The van der Waals surface area contributed by atoms with Crippen LogP contribution in [0, 0.1) is 11.8 Å². The second-order valence-electron chi connectivity index (χ2n) is 4.15. The Labute approximate surface area is 114 Å². The van der Waals surface area contributed by atoms with Crippen molar-refractivity contribution in [2.45, 2.75) is 39.9 Å². The van der Waals surface area contributed by atoms with E-state index in [4.69, 9.17) is 9.47 Å². The van der Waals surface area contributed by atoms with E-state index in [2.05, 4.69) is 0 Å². The maximum absolute atomic E-state index is 11.9. The van der Waals surface area contributed by atoms with Gasteiger partial charge in [-0.1, -0.05) is 20.8 Å². The Morgan fingerprint density at radius 2 is 1.44 bits per heavy atom. The van der Waals surface area contributed by atoms with Gasteiger partial charge in [-0.25, -0.2) is 0 Å². The van der Waals surface area contributed by atoms with Gasteiger partial charge in [0.2, 0.25) is 0 Å². The smallest absolute Gasteiger partial charge is 0.321 e. The minimum atomic E-state index is -0.824. The lowest BCUT2D eigenvalue weighted by Gasteiger charge is -2.26. The van der Waals surface area contributed by atoms with E-state index in [1.165, 1.54) is 0 Å². The van der Waals surface area contributed by atoms with Gasteiger partial charge >= 0.3 is 11.9 Å². The lowest BCUT2D eigenvalue weighted by molar-refractivity contribution is -0.161. The lowest BCUT2D eigenvalue weighted by atomic mass is 9.96. The van der Waals surface area contributed by atoms with E-state index in [0.717, 1.165) is 5.75 Å². The Bertz CT molecular complexity index is 248. The zero-order chi connectivity index (χ0) is 14.1. The maximum Gasteiger partial charge on any atom is 0.321 e. The monoisotopic (exact) mass is 276 g/mol. The molecular formula is C13H24O4S. The molecule has 0 rings (SSSR count). The maximum atomic E-state index is 11.9. The first-order chi connectivity index (χ1) is 8.49. The third kappa shape index (κ3) is 5.29. The van der Waals surface area contributed by atoms with Crippen molar-refractivity contribution in [3.63, 3.8) is 0 Å². The summed E-state index contributed by atoms with van der Waals surface area (Å²) in [6, 6.07) is 0. The number of esters is 2. The van der Waals surface area contributed by atoms with E-state index < -0.39 is 17.9 Å². The van der Waals surface area contributed by atoms with Crippen molar-refractivity contribution in [1.82, 2.24) is 0 Å². The Hall–Kier alpha value is -0.710. The Balaban J connectivity index is 5.02. The molecule has 0 aromatic heterocycles. The topological polar surface area (TPSA) is 52.6 Å². The normalized spacial score (nSPS) is 12.6. The molecule has 0 bridgehead atoms. The van der Waals surface area contributed by atoms with Crippen molar-refractivity contribution in [2.75, 3.05) is 19.0 Å². The van der Waals surface area contributed by atoms with Crippen LogP contribution < -0.4 is 0 Å². The highest BCUT2D eigenvalue weighted by Gasteiger charge is 2.39. The average molecular weight is 276 g/mol. The quantitative estimate of drug-likeness (QED) is 0.503. The fourth-order valence-corrected chi connectivity index (χ4v) is 2.88. The SMILES string of the molecule is CCOC(=O)C(C(=O)OCC)C(SCC)C(C)C. The van der Waals surface area contributed by atoms with Crippen LogP contribution in [0.25, 0.3) is 0 Å². The van der Waals surface area contributed by atoms with Gasteiger partial charge in [0.15, 0.2) is 5.92 Å². The molecule has 18 heavy (non-hydrogen) atoms. The summed E-state index contributed by atoms with van der Waals surface area (Å²) in [4.78, 5) is 23.9. The second kappa shape index (κ2) is 9.25. The summed E-state index contributed by atoms with van der Waals surface area (Å²) in [5.74, 6) is -0.729. The summed E-state index contributed by atoms with van der Waals surface area (Å²) in [5.41, 5.74) is 0. The molecule has 0 aromatic carbocycles. The molecule has 0 N–H and O–H groups in total. The molecule has 0 aliphatic heterocycles. The first-order valence-electron chi connectivity index (χ1n) is 6.44. The third-order valence-corrected chi connectivity index (χ3v) is 3.96. The largest absolute Gasteiger partial charge is 0.465 e. The lowest BCUT2D eigenvalue weighted by Crippen LogP contribution is -2.39. The van der Waals surface area contributed by atoms with Gasteiger partial charge < -0.3 is 9.47 Å². The molecule has 106 valence electrons. The van der Waals surface area contributed by atoms with Crippen LogP contribution in [0.3, 0.4) is 0 Å². The standard InChI is InChI=1S/C13H24O4S/c1-6-16-12(14)10(13(15)17-7-2)11(9(4)5)18-8-3/h9-11H,6-8H2,1-5H3. The predicted molar refractivity (Wildman–Crippen MR) is 73.5 cm³/mol. The summed E-state index contributed by atoms with van der Waals surface area (Å²) < 4.78 is 9.99. The van der Waals surface area contributed by atoms with Gasteiger partial charge in [0, 0.05) is 5.25 Å². The summed E-state index contributed by atoms with van der Waals surface area (Å²) in [5, 5.41) is -0.104. The van der Waals surface area contributed by atoms with Gasteiger partial charge in [-0.2, -0.15) is 11.8 Å². The molecule has 0 aliphatic rings. The molecule has 5 heteroatoms. The predicted octanol–water partition coefficient (Wildman–Crippen LogP) is 2.51. The van der Waals surface area contributed by atoms with E-state index in [1.54, 1.807) is 25.6 Å². The zero-order valence-electron chi connectivity index (χ0n) is 11.9. The molecule has 0 radical (unpaired) electrons. The van der Waals surface area contributed by atoms with Crippen molar-refractivity contribution >= 4 is 23.7 Å². The van der Waals surface area contributed by atoms with Crippen molar-refractivity contribution in [1.29, 1.82) is 0 Å². The van der Waals surface area contributed by atoms with Crippen LogP contribution in [-0.4, -0.2) is 36.2 Å². The van der Waals surface area contributed by atoms with E-state index in [0.29, 0.717) is 0 Å². The first kappa shape index (κ1) is 17.3. The highest BCUT2D eigenvalue weighted by Crippen LogP contribution is 2.29. The van der Waals surface area contributed by atoms with Crippen LogP contribution in [0.2, 0.25) is 0 Å². The fourth-order valence-electron chi connectivity index (χ4n) is 1.69. The number of hydrogen-bond acceptors (Lipinski definition) is 5. The Kier molecular flexibility index (Phi) is 8.89. The summed E-state index contributed by atoms with van der Waals surface area (Å²) in [7, 11) is 0. The average Bonchev–Trinajstić information content (AvgIpc) is 2.29. The van der Waals surface area contributed by atoms with Crippen LogP contribution in [0.4, 0.5) is 0 Å². The molecule has 0 saturated heterocycles. The van der Waals surface area contributed by atoms with Crippen LogP contribution in [0.1, 0.15) is 34.6 Å². The molecule has 0 heterocycles. The number of ether oxygens (including phenoxy) is 2. The van der Waals surface area contributed by atoms with Gasteiger partial charge in [0.05, 0.1) is 13.2 Å². The van der Waals surface area contributed by atoms with Crippen LogP contribution in [0.5, 0.6) is 0 Å². The molecule has 1 unspecified atom stereocenters. The van der Waals surface area contributed by atoms with Crippen LogP contribution in [-0.2, 0) is 19.1 Å². The van der Waals surface area contributed by atoms with Crippen molar-refractivity contribution in [2.24, 2.45) is 11.8 Å². The van der Waals surface area contributed by atoms with E-state index in [1.807, 2.05) is 20.8 Å². The van der Waals surface area contributed by atoms with Gasteiger partial charge in [0.25, 0.3) is 0 Å². The molecule has 0 aliphatic carbocycles. The molecule has 0 amide bonds. The number of thioether (sulfide) groups is 1. The molecule has 4 nitrogen and oxygen atoms in total. The van der Waals surface area contributed by atoms with E-state index in [-0.39, 0.29) is 24.4 Å². The highest BCUT2D eigenvalue weighted by atomic mass is 32.2. The minimum Gasteiger partial charge on any atom is -0.465 e. The molecule has 1 atom stereocenters. The molecule has 0 saturated carbocycles. The van der Waals surface area contributed by atoms with Gasteiger partial charge in [-0.3, -0.25) is 9.59 Å². The van der Waals surface area contributed by atoms with Crippen LogP contribution >= 0.6 is 11.8 Å². The summed E-state index contributed by atoms with van der Waals surface area (Å²) in [6.45, 7) is 10.0. The van der Waals surface area contributed by atoms with Crippen molar-refractivity contribution in [3.05, 3.63) is 0 Å². The number of carbonyl (C=O) groups is 2. The Morgan fingerprint density at radius 1 is 1.00 bits per heavy atom. The Morgan fingerprint density at radius 3 is 1.72 bits per heavy atom. The van der Waals surface area contributed by atoms with Gasteiger partial charge in [-0.15, -0.1) is 0 Å². The van der Waals surface area contributed by atoms with Crippen molar-refractivity contribution < 1.29 is 19.1 Å². The third-order valence-electron chi connectivity index (χ3n) is 2.43. The molecule has 0 aromatic rings. The van der Waals surface area contributed by atoms with Crippen molar-refractivity contribution in [3.8, 4) is 0 Å². The van der Waals surface area contributed by atoms with E-state index >= 15 is 0 Å². The molecule has 0 fully saturated rings. The first-order valence-corrected chi connectivity index (χ1v) is 7.49. The van der Waals surface area contributed by atoms with Gasteiger partial charge in [-0.05, 0) is 25.5 Å². The highest BCUT2D eigenvalue weighted by molar-refractivity contribution is 7.99.